The monoisotopic (exact) mass is 324 g/mol. The zero-order valence-electron chi connectivity index (χ0n) is 12.9. The zero-order chi connectivity index (χ0) is 15.9. The van der Waals surface area contributed by atoms with Gasteiger partial charge in [0.2, 0.25) is 5.76 Å². The molecule has 1 radical (unpaired) electrons. The number of hydrogen-bond acceptors (Lipinski definition) is 5. The van der Waals surface area contributed by atoms with Gasteiger partial charge in [0.25, 0.3) is 6.20 Å². The second-order valence-electron chi connectivity index (χ2n) is 4.40. The normalized spacial score (nSPS) is 12.0. The van der Waals surface area contributed by atoms with Crippen LogP contribution >= 0.6 is 0 Å². The summed E-state index contributed by atoms with van der Waals surface area (Å²) in [6, 6.07) is 15.6. The van der Waals surface area contributed by atoms with Crippen molar-refractivity contribution in [3.05, 3.63) is 82.2 Å². The molecule has 1 N–H and O–H groups in total. The minimum absolute atomic E-state index is 0. The first-order chi connectivity index (χ1) is 10.6. The number of aliphatic hydroxyl groups excluding tert-OH is 1. The van der Waals surface area contributed by atoms with Gasteiger partial charge in [0.05, 0.1) is 12.0 Å². The summed E-state index contributed by atoms with van der Waals surface area (Å²) in [7, 11) is 1.49. The van der Waals surface area contributed by atoms with Gasteiger partial charge in [-0.25, -0.2) is 0 Å². The number of para-hydroxylation sites is 2. The zero-order valence-corrected chi connectivity index (χ0v) is 14.9. The van der Waals surface area contributed by atoms with Crippen LogP contribution in [0.2, 0.25) is 0 Å². The van der Waals surface area contributed by atoms with Crippen molar-refractivity contribution < 1.29 is 19.5 Å². The maximum Gasteiger partial charge on any atom is 0.275 e. The van der Waals surface area contributed by atoms with Crippen LogP contribution in [0, 0.1) is 10.1 Å². The van der Waals surface area contributed by atoms with Gasteiger partial charge in [-0.3, -0.25) is 10.1 Å². The fourth-order valence-electron chi connectivity index (χ4n) is 1.95. The van der Waals surface area contributed by atoms with Gasteiger partial charge in [-0.15, -0.1) is 0 Å². The molecular weight excluding hydrogens is 309 g/mol. The SMILES string of the molecule is COc1ccccc1OC(C(O)=C[N+](=O)[O-])c1ccccc1.[Na]. The molecule has 0 aliphatic rings. The van der Waals surface area contributed by atoms with E-state index in [1.165, 1.54) is 7.11 Å². The third kappa shape index (κ3) is 5.28. The van der Waals surface area contributed by atoms with E-state index in [-0.39, 0.29) is 29.6 Å². The molecule has 6 nitrogen and oxygen atoms in total. The summed E-state index contributed by atoms with van der Waals surface area (Å²) in [6.07, 6.45) is -0.476. The summed E-state index contributed by atoms with van der Waals surface area (Å²) in [6.45, 7) is 0. The van der Waals surface area contributed by atoms with Gasteiger partial charge in [0, 0.05) is 35.1 Å². The van der Waals surface area contributed by atoms with E-state index < -0.39 is 16.8 Å². The third-order valence-electron chi connectivity index (χ3n) is 2.92. The smallest absolute Gasteiger partial charge is 0.275 e. The molecule has 115 valence electrons. The van der Waals surface area contributed by atoms with Gasteiger partial charge in [-0.2, -0.15) is 0 Å². The van der Waals surface area contributed by atoms with Crippen LogP contribution in [0.5, 0.6) is 11.5 Å². The first kappa shape index (κ1) is 19.0. The van der Waals surface area contributed by atoms with Crippen LogP contribution in [0.4, 0.5) is 0 Å². The van der Waals surface area contributed by atoms with Gasteiger partial charge in [0.15, 0.2) is 17.6 Å². The predicted molar refractivity (Wildman–Crippen MR) is 86.3 cm³/mol. The standard InChI is InChI=1S/C16H15NO5.Na/c1-21-14-9-5-6-10-15(14)22-16(13(18)11-17(19)20)12-7-3-2-4-8-12;/h2-11,16,18H,1H3;. The molecule has 0 heterocycles. The average Bonchev–Trinajstić information content (AvgIpc) is 2.53. The second-order valence-corrected chi connectivity index (χ2v) is 4.40. The van der Waals surface area contributed by atoms with E-state index in [9.17, 15) is 15.2 Å². The molecule has 2 aromatic rings. The molecule has 0 spiro atoms. The van der Waals surface area contributed by atoms with Gasteiger partial charge >= 0.3 is 0 Å². The molecule has 0 aliphatic heterocycles. The van der Waals surface area contributed by atoms with Gasteiger partial charge in [-0.05, 0) is 12.1 Å². The van der Waals surface area contributed by atoms with Crippen molar-refractivity contribution in [3.8, 4) is 11.5 Å². The number of hydrogen-bond donors (Lipinski definition) is 1. The number of rotatable bonds is 6. The second kappa shape index (κ2) is 9.19. The molecule has 0 saturated heterocycles. The van der Waals surface area contributed by atoms with Crippen LogP contribution < -0.4 is 9.47 Å². The van der Waals surface area contributed by atoms with Crippen LogP contribution in [0.1, 0.15) is 11.7 Å². The Balaban J connectivity index is 0.00000264. The fraction of sp³-hybridized carbons (Fsp3) is 0.125. The van der Waals surface area contributed by atoms with Gasteiger partial charge in [0.1, 0.15) is 0 Å². The van der Waals surface area contributed by atoms with Crippen molar-refractivity contribution in [2.45, 2.75) is 6.10 Å². The molecule has 23 heavy (non-hydrogen) atoms. The summed E-state index contributed by atoms with van der Waals surface area (Å²) < 4.78 is 10.9. The van der Waals surface area contributed by atoms with Crippen LogP contribution in [-0.2, 0) is 0 Å². The van der Waals surface area contributed by atoms with Crippen LogP contribution in [0.3, 0.4) is 0 Å². The number of methoxy groups -OCH3 is 1. The Morgan fingerprint density at radius 1 is 1.13 bits per heavy atom. The Morgan fingerprint density at radius 3 is 2.26 bits per heavy atom. The van der Waals surface area contributed by atoms with E-state index >= 15 is 0 Å². The summed E-state index contributed by atoms with van der Waals surface area (Å²) >= 11 is 0. The van der Waals surface area contributed by atoms with Crippen LogP contribution in [-0.4, -0.2) is 46.7 Å². The van der Waals surface area contributed by atoms with E-state index in [0.717, 1.165) is 0 Å². The van der Waals surface area contributed by atoms with Crippen molar-refractivity contribution in [3.63, 3.8) is 0 Å². The molecule has 7 heteroatoms. The average molecular weight is 324 g/mol. The van der Waals surface area contributed by atoms with Gasteiger partial charge in [-0.1, -0.05) is 42.5 Å². The van der Waals surface area contributed by atoms with E-state index in [4.69, 9.17) is 9.47 Å². The van der Waals surface area contributed by atoms with Crippen LogP contribution in [0.25, 0.3) is 0 Å². The number of nitro groups is 1. The molecule has 1 unspecified atom stereocenters. The molecule has 0 fully saturated rings. The van der Waals surface area contributed by atoms with E-state index in [1.807, 2.05) is 0 Å². The molecule has 2 rings (SSSR count). The minimum Gasteiger partial charge on any atom is -0.503 e. The van der Waals surface area contributed by atoms with Crippen molar-refractivity contribution in [1.82, 2.24) is 0 Å². The summed E-state index contributed by atoms with van der Waals surface area (Å²) in [5, 5.41) is 20.6. The third-order valence-corrected chi connectivity index (χ3v) is 2.92. The predicted octanol–water partition coefficient (Wildman–Crippen LogP) is 3.11. The Kier molecular flexibility index (Phi) is 7.61. The van der Waals surface area contributed by atoms with Crippen molar-refractivity contribution in [1.29, 1.82) is 0 Å². The maximum absolute atomic E-state index is 10.6. The Bertz CT molecular complexity index is 675. The number of ether oxygens (including phenoxy) is 2. The summed E-state index contributed by atoms with van der Waals surface area (Å²) in [5.41, 5.74) is 0.587. The summed E-state index contributed by atoms with van der Waals surface area (Å²) in [5.74, 6) is 0.349. The topological polar surface area (TPSA) is 81.8 Å². The van der Waals surface area contributed by atoms with E-state index in [2.05, 4.69) is 0 Å². The summed E-state index contributed by atoms with van der Waals surface area (Å²) in [4.78, 5) is 9.88. The first-order valence-electron chi connectivity index (χ1n) is 6.50. The molecule has 1 atom stereocenters. The molecule has 0 amide bonds. The number of aliphatic hydroxyl groups is 1. The number of benzene rings is 2. The van der Waals surface area contributed by atoms with Crippen molar-refractivity contribution in [2.75, 3.05) is 7.11 Å². The van der Waals surface area contributed by atoms with E-state index in [0.29, 0.717) is 23.3 Å². The Hall–Kier alpha value is -2.02. The molecular formula is C16H15NNaO5. The Morgan fingerprint density at radius 2 is 1.70 bits per heavy atom. The number of nitrogens with zero attached hydrogens (tertiary/aromatic N) is 1. The molecule has 0 bridgehead atoms. The fourth-order valence-corrected chi connectivity index (χ4v) is 1.95. The minimum atomic E-state index is -0.997. The van der Waals surface area contributed by atoms with Crippen molar-refractivity contribution in [2.24, 2.45) is 0 Å². The molecule has 2 aromatic carbocycles. The van der Waals surface area contributed by atoms with Gasteiger partial charge < -0.3 is 14.6 Å². The Labute approximate surface area is 155 Å². The van der Waals surface area contributed by atoms with Crippen LogP contribution in [0.15, 0.2) is 66.6 Å². The molecule has 0 aliphatic carbocycles. The first-order valence-corrected chi connectivity index (χ1v) is 6.50. The quantitative estimate of drug-likeness (QED) is 0.382. The maximum atomic E-state index is 10.6. The molecule has 0 aromatic heterocycles. The largest absolute Gasteiger partial charge is 0.503 e. The van der Waals surface area contributed by atoms with Crippen molar-refractivity contribution >= 4 is 29.6 Å². The molecule has 0 saturated carbocycles. The van der Waals surface area contributed by atoms with E-state index in [1.54, 1.807) is 54.6 Å².